The number of rotatable bonds is 5. The van der Waals surface area contributed by atoms with Crippen LogP contribution in [0.5, 0.6) is 0 Å². The Morgan fingerprint density at radius 1 is 1.29 bits per heavy atom. The molecule has 1 unspecified atom stereocenters. The summed E-state index contributed by atoms with van der Waals surface area (Å²) in [6.07, 6.45) is -5.68. The van der Waals surface area contributed by atoms with Crippen LogP contribution >= 0.6 is 0 Å². The Hall–Kier alpha value is -1.57. The highest BCUT2D eigenvalue weighted by Gasteiger charge is 2.48. The van der Waals surface area contributed by atoms with Crippen molar-refractivity contribution in [3.8, 4) is 0 Å². The highest BCUT2D eigenvalue weighted by molar-refractivity contribution is 5.76. The minimum absolute atomic E-state index is 0.0367. The minimum Gasteiger partial charge on any atom is -0.388 e. The molecule has 0 saturated carbocycles. The second-order valence-electron chi connectivity index (χ2n) is 6.12. The number of aliphatic hydroxyl groups is 2. The van der Waals surface area contributed by atoms with E-state index in [1.54, 1.807) is 13.8 Å². The van der Waals surface area contributed by atoms with Gasteiger partial charge in [-0.05, 0) is 12.5 Å². The Bertz CT molecular complexity index is 544. The van der Waals surface area contributed by atoms with Gasteiger partial charge in [0.25, 0.3) is 6.43 Å². The molecule has 0 radical (unpaired) electrons. The average molecular weight is 342 g/mol. The third kappa shape index (κ3) is 3.91. The van der Waals surface area contributed by atoms with E-state index in [1.165, 1.54) is 4.90 Å². The summed E-state index contributed by atoms with van der Waals surface area (Å²) in [5.74, 6) is -0.297. The number of amides is 1. The lowest BCUT2D eigenvalue weighted by Crippen LogP contribution is -2.67. The number of likely N-dealkylation sites (tertiary alicyclic amines) is 1. The van der Waals surface area contributed by atoms with E-state index < -0.39 is 36.8 Å². The summed E-state index contributed by atoms with van der Waals surface area (Å²) in [5, 5.41) is 23.0. The minimum atomic E-state index is -2.82. The smallest absolute Gasteiger partial charge is 0.256 e. The van der Waals surface area contributed by atoms with Crippen molar-refractivity contribution >= 4 is 5.91 Å². The number of hydrogen-bond donors (Lipinski definition) is 3. The van der Waals surface area contributed by atoms with Crippen molar-refractivity contribution in [2.24, 2.45) is 0 Å². The second kappa shape index (κ2) is 8.00. The normalized spacial score (nSPS) is 29.5. The number of piperidine rings is 1. The van der Waals surface area contributed by atoms with E-state index in [0.29, 0.717) is 0 Å². The second-order valence-corrected chi connectivity index (χ2v) is 6.12. The van der Waals surface area contributed by atoms with Gasteiger partial charge in [-0.2, -0.15) is 0 Å². The number of halogens is 2. The molecule has 3 N–H and O–H groups in total. The van der Waals surface area contributed by atoms with Gasteiger partial charge in [-0.3, -0.25) is 9.69 Å². The number of carbonyl (C=O) groups is 1. The van der Waals surface area contributed by atoms with E-state index in [9.17, 15) is 23.8 Å². The SMILES string of the molecule is CCC(=O)N[C@H]1CN(C(C)c2ccccc2)[C@H](C(F)F)[C@@H](O)[C@@H]1O. The third-order valence-electron chi connectivity index (χ3n) is 4.61. The first-order chi connectivity index (χ1) is 11.4. The average Bonchev–Trinajstić information content (AvgIpc) is 2.58. The number of carbonyl (C=O) groups excluding carboxylic acids is 1. The molecule has 0 aliphatic carbocycles. The summed E-state index contributed by atoms with van der Waals surface area (Å²) in [5.41, 5.74) is 0.826. The van der Waals surface area contributed by atoms with Crippen molar-refractivity contribution in [3.63, 3.8) is 0 Å². The van der Waals surface area contributed by atoms with Gasteiger partial charge in [0, 0.05) is 19.0 Å². The molecular formula is C17H24F2N2O3. The Balaban J connectivity index is 2.28. The third-order valence-corrected chi connectivity index (χ3v) is 4.61. The van der Waals surface area contributed by atoms with Gasteiger partial charge in [0.15, 0.2) is 0 Å². The van der Waals surface area contributed by atoms with Gasteiger partial charge in [0.2, 0.25) is 5.91 Å². The number of nitrogens with zero attached hydrogens (tertiary/aromatic N) is 1. The summed E-state index contributed by atoms with van der Waals surface area (Å²) in [4.78, 5) is 13.1. The maximum Gasteiger partial charge on any atom is 0.256 e. The number of alkyl halides is 2. The highest BCUT2D eigenvalue weighted by atomic mass is 19.3. The molecule has 7 heteroatoms. The van der Waals surface area contributed by atoms with Crippen LogP contribution in [0, 0.1) is 0 Å². The maximum atomic E-state index is 13.5. The van der Waals surface area contributed by atoms with E-state index in [4.69, 9.17) is 0 Å². The molecule has 0 spiro atoms. The van der Waals surface area contributed by atoms with Gasteiger partial charge in [-0.15, -0.1) is 0 Å². The molecule has 1 heterocycles. The fourth-order valence-corrected chi connectivity index (χ4v) is 3.17. The zero-order chi connectivity index (χ0) is 17.9. The number of aliphatic hydroxyl groups excluding tert-OH is 2. The summed E-state index contributed by atoms with van der Waals surface area (Å²) in [6, 6.07) is 6.42. The van der Waals surface area contributed by atoms with Crippen LogP contribution in [0.25, 0.3) is 0 Å². The molecule has 1 fully saturated rings. The lowest BCUT2D eigenvalue weighted by Gasteiger charge is -2.47. The summed E-state index contributed by atoms with van der Waals surface area (Å²) in [7, 11) is 0. The van der Waals surface area contributed by atoms with Crippen LogP contribution in [0.15, 0.2) is 30.3 Å². The number of hydrogen-bond acceptors (Lipinski definition) is 4. The van der Waals surface area contributed by atoms with Crippen molar-refractivity contribution in [3.05, 3.63) is 35.9 Å². The fourth-order valence-electron chi connectivity index (χ4n) is 3.17. The Morgan fingerprint density at radius 3 is 2.46 bits per heavy atom. The van der Waals surface area contributed by atoms with Crippen LogP contribution in [0.2, 0.25) is 0 Å². The largest absolute Gasteiger partial charge is 0.388 e. The molecule has 1 amide bonds. The van der Waals surface area contributed by atoms with Crippen molar-refractivity contribution in [1.29, 1.82) is 0 Å². The topological polar surface area (TPSA) is 72.8 Å². The Kier molecular flexibility index (Phi) is 6.26. The standard InChI is InChI=1S/C17H24F2N2O3/c1-3-13(22)20-12-9-21(10(2)11-7-5-4-6-8-11)14(17(18)19)16(24)15(12)23/h4-8,10,12,14-17,23-24H,3,9H2,1-2H3,(H,20,22)/t10?,12-,14-,15+,16+/m0/s1. The predicted molar refractivity (Wildman–Crippen MR) is 85.6 cm³/mol. The van der Waals surface area contributed by atoms with E-state index in [1.807, 2.05) is 30.3 Å². The molecule has 134 valence electrons. The van der Waals surface area contributed by atoms with Crippen LogP contribution in [0.4, 0.5) is 8.78 Å². The maximum absolute atomic E-state index is 13.5. The van der Waals surface area contributed by atoms with Gasteiger partial charge in [0.05, 0.1) is 6.04 Å². The van der Waals surface area contributed by atoms with E-state index in [2.05, 4.69) is 5.32 Å². The lowest BCUT2D eigenvalue weighted by molar-refractivity contribution is -0.148. The predicted octanol–water partition coefficient (Wildman–Crippen LogP) is 1.31. The lowest BCUT2D eigenvalue weighted by atomic mass is 9.89. The molecule has 1 aliphatic rings. The number of benzene rings is 1. The van der Waals surface area contributed by atoms with Crippen LogP contribution < -0.4 is 5.32 Å². The van der Waals surface area contributed by atoms with Gasteiger partial charge in [-0.25, -0.2) is 8.78 Å². The zero-order valence-corrected chi connectivity index (χ0v) is 13.8. The molecular weight excluding hydrogens is 318 g/mol. The van der Waals surface area contributed by atoms with Gasteiger partial charge >= 0.3 is 0 Å². The Labute approximate surface area is 140 Å². The van der Waals surface area contributed by atoms with Crippen molar-refractivity contribution in [1.82, 2.24) is 10.2 Å². The van der Waals surface area contributed by atoms with Crippen molar-refractivity contribution in [2.45, 2.75) is 57.0 Å². The summed E-state index contributed by atoms with van der Waals surface area (Å²) >= 11 is 0. The molecule has 5 nitrogen and oxygen atoms in total. The number of nitrogens with one attached hydrogen (secondary N) is 1. The van der Waals surface area contributed by atoms with Crippen molar-refractivity contribution in [2.75, 3.05) is 6.54 Å². The van der Waals surface area contributed by atoms with Gasteiger partial charge in [-0.1, -0.05) is 37.3 Å². The molecule has 5 atom stereocenters. The monoisotopic (exact) mass is 342 g/mol. The molecule has 0 bridgehead atoms. The molecule has 24 heavy (non-hydrogen) atoms. The summed E-state index contributed by atoms with van der Waals surface area (Å²) in [6.45, 7) is 3.47. The van der Waals surface area contributed by atoms with Crippen LogP contribution in [-0.4, -0.2) is 58.3 Å². The molecule has 1 aromatic carbocycles. The van der Waals surface area contributed by atoms with Gasteiger partial charge < -0.3 is 15.5 Å². The molecule has 1 saturated heterocycles. The van der Waals surface area contributed by atoms with Crippen LogP contribution in [0.1, 0.15) is 31.9 Å². The van der Waals surface area contributed by atoms with E-state index >= 15 is 0 Å². The van der Waals surface area contributed by atoms with E-state index in [-0.39, 0.29) is 18.9 Å². The Morgan fingerprint density at radius 2 is 1.92 bits per heavy atom. The molecule has 1 aromatic rings. The molecule has 1 aliphatic heterocycles. The fraction of sp³-hybridized carbons (Fsp3) is 0.588. The molecule has 2 rings (SSSR count). The zero-order valence-electron chi connectivity index (χ0n) is 13.8. The van der Waals surface area contributed by atoms with E-state index in [0.717, 1.165) is 5.56 Å². The quantitative estimate of drug-likeness (QED) is 0.755. The van der Waals surface area contributed by atoms with Crippen LogP contribution in [0.3, 0.4) is 0 Å². The first kappa shape index (κ1) is 18.8. The van der Waals surface area contributed by atoms with Crippen molar-refractivity contribution < 1.29 is 23.8 Å². The summed E-state index contributed by atoms with van der Waals surface area (Å²) < 4.78 is 27.1. The highest BCUT2D eigenvalue weighted by Crippen LogP contribution is 2.32. The van der Waals surface area contributed by atoms with Gasteiger partial charge in [0.1, 0.15) is 18.2 Å². The van der Waals surface area contributed by atoms with Crippen LogP contribution in [-0.2, 0) is 4.79 Å². The first-order valence-electron chi connectivity index (χ1n) is 8.11. The first-order valence-corrected chi connectivity index (χ1v) is 8.11. The molecule has 0 aromatic heterocycles.